The van der Waals surface area contributed by atoms with Gasteiger partial charge >= 0.3 is 0 Å². The molecule has 34 heavy (non-hydrogen) atoms. The van der Waals surface area contributed by atoms with Crippen molar-refractivity contribution >= 4 is 17.4 Å². The first-order valence-electron chi connectivity index (χ1n) is 11.2. The Kier molecular flexibility index (Phi) is 6.60. The third kappa shape index (κ3) is 4.91. The van der Waals surface area contributed by atoms with Crippen LogP contribution in [0.1, 0.15) is 49.3 Å². The van der Waals surface area contributed by atoms with Gasteiger partial charge in [0.1, 0.15) is 0 Å². The Morgan fingerprint density at radius 2 is 1.91 bits per heavy atom. The molecule has 0 aliphatic carbocycles. The summed E-state index contributed by atoms with van der Waals surface area (Å²) in [6, 6.07) is 10.7. The van der Waals surface area contributed by atoms with E-state index in [0.29, 0.717) is 23.4 Å². The Morgan fingerprint density at radius 1 is 1.18 bits per heavy atom. The van der Waals surface area contributed by atoms with E-state index in [9.17, 15) is 9.90 Å². The van der Waals surface area contributed by atoms with Crippen LogP contribution in [0.3, 0.4) is 0 Å². The number of aromatic nitrogens is 3. The summed E-state index contributed by atoms with van der Waals surface area (Å²) in [5.41, 5.74) is 14.5. The third-order valence-electron chi connectivity index (χ3n) is 5.93. The molecular weight excluding hydrogens is 432 g/mol. The predicted molar refractivity (Wildman–Crippen MR) is 130 cm³/mol. The molecule has 1 fully saturated rings. The van der Waals surface area contributed by atoms with Crippen molar-refractivity contribution in [2.24, 2.45) is 11.1 Å². The number of anilines is 2. The number of carbonyl (C=O) groups excluding carboxylic acids is 1. The normalized spacial score (nSPS) is 22.9. The lowest BCUT2D eigenvalue weighted by atomic mass is 9.79. The van der Waals surface area contributed by atoms with E-state index in [0.717, 1.165) is 5.56 Å². The number of nitrogens with one attached hydrogen (secondary N) is 1. The molecule has 1 aromatic carbocycles. The van der Waals surface area contributed by atoms with Crippen molar-refractivity contribution in [3.63, 3.8) is 0 Å². The molecule has 3 heterocycles. The molecule has 1 aliphatic heterocycles. The molecule has 9 heteroatoms. The van der Waals surface area contributed by atoms with Gasteiger partial charge in [-0.05, 0) is 17.9 Å². The van der Waals surface area contributed by atoms with E-state index in [1.54, 1.807) is 18.5 Å². The van der Waals surface area contributed by atoms with Gasteiger partial charge in [-0.3, -0.25) is 9.78 Å². The minimum absolute atomic E-state index is 0.0143. The van der Waals surface area contributed by atoms with Crippen molar-refractivity contribution in [3.05, 3.63) is 66.2 Å². The van der Waals surface area contributed by atoms with E-state index >= 15 is 0 Å². The predicted octanol–water partition coefficient (Wildman–Crippen LogP) is 2.94. The van der Waals surface area contributed by atoms with Gasteiger partial charge in [0.2, 0.25) is 0 Å². The Labute approximate surface area is 198 Å². The number of amides is 1. The maximum Gasteiger partial charge on any atom is 0.278 e. The first-order chi connectivity index (χ1) is 16.1. The van der Waals surface area contributed by atoms with Crippen LogP contribution in [0.15, 0.2) is 55.0 Å². The average Bonchev–Trinajstić information content (AvgIpc) is 2.81. The molecule has 9 nitrogen and oxygen atoms in total. The number of hydrogen-bond acceptors (Lipinski definition) is 8. The lowest BCUT2D eigenvalue weighted by molar-refractivity contribution is -0.167. The fourth-order valence-electron chi connectivity index (χ4n) is 4.13. The monoisotopic (exact) mass is 462 g/mol. The van der Waals surface area contributed by atoms with Crippen LogP contribution in [-0.2, 0) is 4.74 Å². The molecule has 178 valence electrons. The zero-order valence-electron chi connectivity index (χ0n) is 19.5. The molecule has 1 aliphatic rings. The molecule has 0 spiro atoms. The van der Waals surface area contributed by atoms with Crippen LogP contribution in [0.2, 0.25) is 0 Å². The number of nitrogens with zero attached hydrogens (tertiary/aromatic N) is 3. The molecule has 0 saturated carbocycles. The zero-order valence-corrected chi connectivity index (χ0v) is 19.5. The Hall–Kier alpha value is -3.40. The number of benzene rings is 1. The summed E-state index contributed by atoms with van der Waals surface area (Å²) < 4.78 is 6.29. The summed E-state index contributed by atoms with van der Waals surface area (Å²) in [7, 11) is 0. The number of hydrogen-bond donors (Lipinski definition) is 4. The fraction of sp³-hybridized carbons (Fsp3) is 0.360. The van der Waals surface area contributed by atoms with E-state index in [4.69, 9.17) is 16.2 Å². The quantitative estimate of drug-likeness (QED) is 0.462. The minimum Gasteiger partial charge on any atom is -0.389 e. The van der Waals surface area contributed by atoms with Crippen LogP contribution in [0.4, 0.5) is 11.5 Å². The van der Waals surface area contributed by atoms with Gasteiger partial charge in [0.05, 0.1) is 42.1 Å². The van der Waals surface area contributed by atoms with Gasteiger partial charge in [0.15, 0.2) is 11.5 Å². The zero-order chi connectivity index (χ0) is 24.5. The van der Waals surface area contributed by atoms with Crippen molar-refractivity contribution < 1.29 is 14.6 Å². The summed E-state index contributed by atoms with van der Waals surface area (Å²) in [4.78, 5) is 25.9. The third-order valence-corrected chi connectivity index (χ3v) is 5.93. The molecular formula is C25H30N6O3. The lowest BCUT2D eigenvalue weighted by Crippen LogP contribution is -2.54. The molecule has 6 N–H and O–H groups in total. The van der Waals surface area contributed by atoms with Gasteiger partial charge in [-0.1, -0.05) is 51.1 Å². The second-order valence-corrected chi connectivity index (χ2v) is 9.57. The summed E-state index contributed by atoms with van der Waals surface area (Å²) in [5.74, 6) is -0.487. The highest BCUT2D eigenvalue weighted by Gasteiger charge is 2.43. The van der Waals surface area contributed by atoms with E-state index in [2.05, 4.69) is 20.3 Å². The molecule has 4 atom stereocenters. The molecule has 0 radical (unpaired) electrons. The smallest absolute Gasteiger partial charge is 0.278 e. The topological polar surface area (TPSA) is 149 Å². The van der Waals surface area contributed by atoms with E-state index in [1.165, 1.54) is 6.20 Å². The Morgan fingerprint density at radius 3 is 2.62 bits per heavy atom. The minimum atomic E-state index is -0.785. The molecule has 0 unspecified atom stereocenters. The van der Waals surface area contributed by atoms with Gasteiger partial charge in [-0.25, -0.2) is 9.97 Å². The van der Waals surface area contributed by atoms with Gasteiger partial charge in [-0.2, -0.15) is 0 Å². The highest BCUT2D eigenvalue weighted by Crippen LogP contribution is 2.40. The number of aliphatic hydroxyl groups is 1. The van der Waals surface area contributed by atoms with Crippen molar-refractivity contribution in [1.82, 2.24) is 15.0 Å². The average molecular weight is 463 g/mol. The maximum absolute atomic E-state index is 13.2. The maximum atomic E-state index is 13.2. The first-order valence-corrected chi connectivity index (χ1v) is 11.2. The Bertz CT molecular complexity index is 1160. The van der Waals surface area contributed by atoms with Crippen LogP contribution < -0.4 is 16.8 Å². The van der Waals surface area contributed by atoms with E-state index < -0.39 is 30.3 Å². The van der Waals surface area contributed by atoms with E-state index in [1.807, 2.05) is 51.1 Å². The van der Waals surface area contributed by atoms with Crippen LogP contribution in [-0.4, -0.2) is 44.2 Å². The van der Waals surface area contributed by atoms with Crippen molar-refractivity contribution in [2.45, 2.75) is 51.5 Å². The number of ether oxygens (including phenoxy) is 1. The van der Waals surface area contributed by atoms with Crippen molar-refractivity contribution in [1.29, 1.82) is 0 Å². The molecule has 0 bridgehead atoms. The van der Waals surface area contributed by atoms with Crippen LogP contribution in [0, 0.1) is 5.41 Å². The molecule has 3 aromatic rings. The van der Waals surface area contributed by atoms with Gasteiger partial charge < -0.3 is 26.6 Å². The van der Waals surface area contributed by atoms with Gasteiger partial charge in [-0.15, -0.1) is 0 Å². The number of pyridine rings is 1. The highest BCUT2D eigenvalue weighted by atomic mass is 16.5. The highest BCUT2D eigenvalue weighted by molar-refractivity contribution is 6.06. The van der Waals surface area contributed by atoms with Crippen molar-refractivity contribution in [2.75, 3.05) is 11.1 Å². The molecule has 1 amide bonds. The summed E-state index contributed by atoms with van der Waals surface area (Å²) >= 11 is 0. The standard InChI is InChI=1S/C25H30N6O3/c1-25(2,3)22-21(32)16(26)11-19(34-22)15-9-10-28-12-18(15)31-24(33)20-23(27)29-13-17(30-20)14-7-5-4-6-8-14/h4-10,12-13,16,19,21-22,32H,11,26H2,1-3H3,(H2,27,29)(H,31,33)/t16-,19+,21-,22-/m1/s1. The number of nitrogens with two attached hydrogens (primary N) is 2. The van der Waals surface area contributed by atoms with E-state index in [-0.39, 0.29) is 16.9 Å². The summed E-state index contributed by atoms with van der Waals surface area (Å²) in [6.45, 7) is 5.98. The second-order valence-electron chi connectivity index (χ2n) is 9.57. The number of carbonyl (C=O) groups is 1. The van der Waals surface area contributed by atoms with Crippen LogP contribution >= 0.6 is 0 Å². The number of nitrogen functional groups attached to an aromatic ring is 1. The van der Waals surface area contributed by atoms with Gasteiger partial charge in [0.25, 0.3) is 5.91 Å². The van der Waals surface area contributed by atoms with Crippen LogP contribution in [0.5, 0.6) is 0 Å². The number of rotatable bonds is 4. The SMILES string of the molecule is CC(C)(C)[C@@H]1O[C@H](c2ccncc2NC(=O)c2nc(-c3ccccc3)cnc2N)C[C@@H](N)[C@H]1O. The molecule has 2 aromatic heterocycles. The fourth-order valence-corrected chi connectivity index (χ4v) is 4.13. The van der Waals surface area contributed by atoms with Crippen molar-refractivity contribution in [3.8, 4) is 11.3 Å². The Balaban J connectivity index is 1.61. The first kappa shape index (κ1) is 23.7. The van der Waals surface area contributed by atoms with Crippen LogP contribution in [0.25, 0.3) is 11.3 Å². The summed E-state index contributed by atoms with van der Waals surface area (Å²) in [5, 5.41) is 13.4. The number of aliphatic hydroxyl groups excluding tert-OH is 1. The second kappa shape index (κ2) is 9.46. The molecule has 4 rings (SSSR count). The summed E-state index contributed by atoms with van der Waals surface area (Å²) in [6.07, 6.45) is 3.41. The largest absolute Gasteiger partial charge is 0.389 e. The van der Waals surface area contributed by atoms with Gasteiger partial charge in [0, 0.05) is 23.4 Å². The molecule has 1 saturated heterocycles. The lowest BCUT2D eigenvalue weighted by Gasteiger charge is -2.44.